The molecule has 7 nitrogen and oxygen atoms in total. The van der Waals surface area contributed by atoms with Crippen LogP contribution in [0.15, 0.2) is 45.7 Å². The predicted molar refractivity (Wildman–Crippen MR) is 95.7 cm³/mol. The molecule has 26 heavy (non-hydrogen) atoms. The molecule has 2 aromatic rings. The van der Waals surface area contributed by atoms with Gasteiger partial charge in [-0.25, -0.2) is 4.79 Å². The lowest BCUT2D eigenvalue weighted by atomic mass is 10.1. The van der Waals surface area contributed by atoms with Crippen LogP contribution < -0.4 is 0 Å². The lowest BCUT2D eigenvalue weighted by Gasteiger charge is -2.10. The molecule has 2 heterocycles. The number of benzene rings is 1. The summed E-state index contributed by atoms with van der Waals surface area (Å²) in [5.41, 5.74) is 0.557. The average Bonchev–Trinajstić information content (AvgIpc) is 3.19. The van der Waals surface area contributed by atoms with E-state index in [2.05, 4.69) is 0 Å². The van der Waals surface area contributed by atoms with E-state index in [-0.39, 0.29) is 28.9 Å². The molecule has 0 saturated carbocycles. The molecule has 1 aliphatic rings. The number of carbonyl (C=O) groups is 3. The second kappa shape index (κ2) is 7.59. The first-order chi connectivity index (χ1) is 12.5. The maximum absolute atomic E-state index is 12.3. The molecule has 1 saturated heterocycles. The lowest BCUT2D eigenvalue weighted by molar-refractivity contribution is -0.123. The van der Waals surface area contributed by atoms with Crippen molar-refractivity contribution in [2.75, 3.05) is 20.3 Å². The van der Waals surface area contributed by atoms with E-state index < -0.39 is 11.9 Å². The normalized spacial score (nSPS) is 15.9. The number of aromatic carboxylic acids is 1. The molecule has 2 amide bonds. The fourth-order valence-electron chi connectivity index (χ4n) is 2.46. The molecule has 0 spiro atoms. The van der Waals surface area contributed by atoms with Crippen molar-refractivity contribution >= 4 is 35.0 Å². The van der Waals surface area contributed by atoms with Crippen LogP contribution in [0, 0.1) is 0 Å². The molecule has 1 N–H and O–H groups in total. The molecule has 0 unspecified atom stereocenters. The Hall–Kier alpha value is -2.84. The first kappa shape index (κ1) is 18.0. The monoisotopic (exact) mass is 373 g/mol. The third kappa shape index (κ3) is 3.56. The summed E-state index contributed by atoms with van der Waals surface area (Å²) in [5, 5.41) is 8.91. The predicted octanol–water partition coefficient (Wildman–Crippen LogP) is 3.33. The molecular formula is C18H15NO6S. The SMILES string of the molecule is COCCN1C(=O)S/C(=C\c2ccc(-c3ccccc3C(=O)O)o2)C1=O. The Kier molecular flexibility index (Phi) is 5.24. The summed E-state index contributed by atoms with van der Waals surface area (Å²) in [6.45, 7) is 0.454. The van der Waals surface area contributed by atoms with Crippen molar-refractivity contribution in [1.82, 2.24) is 4.90 Å². The minimum atomic E-state index is -1.06. The van der Waals surface area contributed by atoms with Gasteiger partial charge in [-0.1, -0.05) is 18.2 Å². The zero-order valence-electron chi connectivity index (χ0n) is 13.8. The summed E-state index contributed by atoms with van der Waals surface area (Å²) in [6.07, 6.45) is 1.48. The molecule has 134 valence electrons. The van der Waals surface area contributed by atoms with Gasteiger partial charge in [0.15, 0.2) is 0 Å². The fraction of sp³-hybridized carbons (Fsp3) is 0.167. The van der Waals surface area contributed by atoms with E-state index in [0.717, 1.165) is 16.7 Å². The Morgan fingerprint density at radius 3 is 2.77 bits per heavy atom. The van der Waals surface area contributed by atoms with E-state index in [1.54, 1.807) is 30.3 Å². The molecule has 0 atom stereocenters. The molecule has 1 aromatic carbocycles. The van der Waals surface area contributed by atoms with Crippen molar-refractivity contribution in [1.29, 1.82) is 0 Å². The number of furan rings is 1. The van der Waals surface area contributed by atoms with E-state index >= 15 is 0 Å². The van der Waals surface area contributed by atoms with Crippen molar-refractivity contribution in [2.24, 2.45) is 0 Å². The largest absolute Gasteiger partial charge is 0.478 e. The van der Waals surface area contributed by atoms with Gasteiger partial charge >= 0.3 is 5.97 Å². The summed E-state index contributed by atoms with van der Waals surface area (Å²) in [7, 11) is 1.49. The standard InChI is InChI=1S/C18H15NO6S/c1-24-9-8-19-16(20)15(26-18(19)23)10-11-6-7-14(25-11)12-4-2-3-5-13(12)17(21)22/h2-7,10H,8-9H2,1H3,(H,21,22)/b15-10-. The van der Waals surface area contributed by atoms with E-state index in [4.69, 9.17) is 9.15 Å². The van der Waals surface area contributed by atoms with Crippen LogP contribution in [0.4, 0.5) is 4.79 Å². The van der Waals surface area contributed by atoms with Gasteiger partial charge in [0.05, 0.1) is 23.6 Å². The summed E-state index contributed by atoms with van der Waals surface area (Å²) >= 11 is 0.829. The zero-order valence-corrected chi connectivity index (χ0v) is 14.6. The van der Waals surface area contributed by atoms with E-state index in [0.29, 0.717) is 17.1 Å². The third-order valence-electron chi connectivity index (χ3n) is 3.72. The quantitative estimate of drug-likeness (QED) is 0.776. The number of methoxy groups -OCH3 is 1. The number of rotatable bonds is 6. The van der Waals surface area contributed by atoms with Crippen LogP contribution in [-0.4, -0.2) is 47.4 Å². The van der Waals surface area contributed by atoms with Crippen LogP contribution in [0.2, 0.25) is 0 Å². The van der Waals surface area contributed by atoms with Crippen molar-refractivity contribution in [3.05, 3.63) is 52.6 Å². The van der Waals surface area contributed by atoms with Gasteiger partial charge in [0.2, 0.25) is 0 Å². The van der Waals surface area contributed by atoms with E-state index in [9.17, 15) is 19.5 Å². The number of carboxylic acid groups (broad SMARTS) is 1. The molecule has 0 bridgehead atoms. The Morgan fingerprint density at radius 1 is 1.27 bits per heavy atom. The van der Waals surface area contributed by atoms with Gasteiger partial charge in [-0.3, -0.25) is 14.5 Å². The lowest BCUT2D eigenvalue weighted by Crippen LogP contribution is -2.31. The number of carbonyl (C=O) groups excluding carboxylic acids is 2. The highest BCUT2D eigenvalue weighted by atomic mass is 32.2. The van der Waals surface area contributed by atoms with Gasteiger partial charge in [-0.2, -0.15) is 0 Å². The van der Waals surface area contributed by atoms with Crippen LogP contribution in [-0.2, 0) is 9.53 Å². The first-order valence-electron chi connectivity index (χ1n) is 7.68. The minimum absolute atomic E-state index is 0.119. The number of thioether (sulfide) groups is 1. The summed E-state index contributed by atoms with van der Waals surface area (Å²) in [5.74, 6) is -0.732. The molecular weight excluding hydrogens is 358 g/mol. The van der Waals surface area contributed by atoms with Crippen molar-refractivity contribution in [2.45, 2.75) is 0 Å². The van der Waals surface area contributed by atoms with Crippen LogP contribution in [0.3, 0.4) is 0 Å². The third-order valence-corrected chi connectivity index (χ3v) is 4.62. The number of hydrogen-bond donors (Lipinski definition) is 1. The molecule has 0 radical (unpaired) electrons. The van der Waals surface area contributed by atoms with Crippen LogP contribution >= 0.6 is 11.8 Å². The van der Waals surface area contributed by atoms with Crippen molar-refractivity contribution in [3.63, 3.8) is 0 Å². The maximum atomic E-state index is 12.3. The van der Waals surface area contributed by atoms with Crippen LogP contribution in [0.5, 0.6) is 0 Å². The van der Waals surface area contributed by atoms with Gasteiger partial charge in [0.1, 0.15) is 11.5 Å². The maximum Gasteiger partial charge on any atom is 0.336 e. The van der Waals surface area contributed by atoms with Crippen molar-refractivity contribution < 1.29 is 28.6 Å². The zero-order chi connectivity index (χ0) is 18.7. The Morgan fingerprint density at radius 2 is 2.04 bits per heavy atom. The van der Waals surface area contributed by atoms with Gasteiger partial charge in [-0.05, 0) is 30.0 Å². The summed E-state index contributed by atoms with van der Waals surface area (Å²) in [4.78, 5) is 36.9. The van der Waals surface area contributed by atoms with Crippen LogP contribution in [0.25, 0.3) is 17.4 Å². The fourth-order valence-corrected chi connectivity index (χ4v) is 3.31. The number of amides is 2. The summed E-state index contributed by atoms with van der Waals surface area (Å²) < 4.78 is 10.6. The minimum Gasteiger partial charge on any atom is -0.478 e. The number of nitrogens with zero attached hydrogens (tertiary/aromatic N) is 1. The number of ether oxygens (including phenoxy) is 1. The van der Waals surface area contributed by atoms with Gasteiger partial charge in [-0.15, -0.1) is 0 Å². The van der Waals surface area contributed by atoms with Crippen molar-refractivity contribution in [3.8, 4) is 11.3 Å². The Labute approximate surface area is 153 Å². The van der Waals surface area contributed by atoms with Gasteiger partial charge in [0.25, 0.3) is 11.1 Å². The number of imide groups is 1. The van der Waals surface area contributed by atoms with Gasteiger partial charge < -0.3 is 14.3 Å². The molecule has 0 aliphatic carbocycles. The molecule has 8 heteroatoms. The summed E-state index contributed by atoms with van der Waals surface area (Å²) in [6, 6.07) is 9.73. The topological polar surface area (TPSA) is 97.1 Å². The Bertz CT molecular complexity index is 901. The second-order valence-electron chi connectivity index (χ2n) is 5.38. The van der Waals surface area contributed by atoms with Gasteiger partial charge in [0, 0.05) is 18.7 Å². The number of carboxylic acids is 1. The first-order valence-corrected chi connectivity index (χ1v) is 8.49. The molecule has 1 fully saturated rings. The van der Waals surface area contributed by atoms with E-state index in [1.165, 1.54) is 19.3 Å². The molecule has 1 aliphatic heterocycles. The highest BCUT2D eigenvalue weighted by Gasteiger charge is 2.34. The molecule has 3 rings (SSSR count). The second-order valence-corrected chi connectivity index (χ2v) is 6.37. The average molecular weight is 373 g/mol. The van der Waals surface area contributed by atoms with Crippen LogP contribution in [0.1, 0.15) is 16.1 Å². The smallest absolute Gasteiger partial charge is 0.336 e. The Balaban J connectivity index is 1.85. The van der Waals surface area contributed by atoms with E-state index in [1.807, 2.05) is 0 Å². The highest BCUT2D eigenvalue weighted by Crippen LogP contribution is 2.33. The highest BCUT2D eigenvalue weighted by molar-refractivity contribution is 8.18. The molecule has 1 aromatic heterocycles. The number of hydrogen-bond acceptors (Lipinski definition) is 6.